The Bertz CT molecular complexity index is 1020. The normalized spacial score (nSPS) is 21.2. The van der Waals surface area contributed by atoms with Gasteiger partial charge in [-0.25, -0.2) is 8.42 Å². The molecule has 0 aromatic heterocycles. The molecule has 2 amide bonds. The number of piperazine rings is 1. The monoisotopic (exact) mass is 465 g/mol. The van der Waals surface area contributed by atoms with Crippen molar-refractivity contribution in [2.24, 2.45) is 4.40 Å². The number of benzene rings is 1. The van der Waals surface area contributed by atoms with E-state index in [1.54, 1.807) is 11.0 Å². The predicted octanol–water partition coefficient (Wildman–Crippen LogP) is 0.971. The minimum atomic E-state index is -3.40. The summed E-state index contributed by atoms with van der Waals surface area (Å²) in [6.07, 6.45) is 0.897. The highest BCUT2D eigenvalue weighted by Crippen LogP contribution is 2.42. The topological polar surface area (TPSA) is 102 Å². The third-order valence-corrected chi connectivity index (χ3v) is 8.07. The van der Waals surface area contributed by atoms with E-state index in [0.29, 0.717) is 50.0 Å². The van der Waals surface area contributed by atoms with Gasteiger partial charge in [0.05, 0.1) is 18.0 Å². The Kier molecular flexibility index (Phi) is 6.27. The van der Waals surface area contributed by atoms with Crippen LogP contribution in [0.4, 0.5) is 5.69 Å². The third-order valence-electron chi connectivity index (χ3n) is 5.77. The fourth-order valence-corrected chi connectivity index (χ4v) is 6.08. The van der Waals surface area contributed by atoms with Gasteiger partial charge in [0.2, 0.25) is 5.91 Å². The molecule has 1 unspecified atom stereocenters. The maximum Gasteiger partial charge on any atom is 0.257 e. The lowest BCUT2D eigenvalue weighted by Gasteiger charge is -2.34. The molecular formula is C20H27N5O4S2. The summed E-state index contributed by atoms with van der Waals surface area (Å²) in [5.41, 5.74) is 1.48. The second kappa shape index (κ2) is 8.79. The van der Waals surface area contributed by atoms with Crippen molar-refractivity contribution in [3.05, 3.63) is 23.8 Å². The molecule has 0 aliphatic carbocycles. The van der Waals surface area contributed by atoms with Crippen LogP contribution >= 0.6 is 11.8 Å². The number of sulfonamides is 1. The van der Waals surface area contributed by atoms with Crippen LogP contribution < -0.4 is 10.2 Å². The van der Waals surface area contributed by atoms with E-state index >= 15 is 0 Å². The number of amidine groups is 1. The van der Waals surface area contributed by atoms with E-state index < -0.39 is 10.0 Å². The van der Waals surface area contributed by atoms with Gasteiger partial charge < -0.3 is 15.1 Å². The van der Waals surface area contributed by atoms with Crippen molar-refractivity contribution in [2.75, 3.05) is 49.9 Å². The van der Waals surface area contributed by atoms with Gasteiger partial charge in [-0.2, -0.15) is 0 Å². The zero-order chi connectivity index (χ0) is 22.2. The molecule has 1 aromatic rings. The number of nitrogens with one attached hydrogen (secondary N) is 1. The zero-order valence-corrected chi connectivity index (χ0v) is 19.3. The molecule has 0 radical (unpaired) electrons. The van der Waals surface area contributed by atoms with Crippen molar-refractivity contribution >= 4 is 44.5 Å². The van der Waals surface area contributed by atoms with Crippen molar-refractivity contribution in [3.8, 4) is 0 Å². The van der Waals surface area contributed by atoms with Gasteiger partial charge in [-0.15, -0.1) is 4.40 Å². The molecule has 1 aromatic carbocycles. The van der Waals surface area contributed by atoms with Gasteiger partial charge in [-0.1, -0.05) is 6.92 Å². The molecule has 1 atom stereocenters. The molecule has 11 heteroatoms. The minimum absolute atomic E-state index is 0.00314. The van der Waals surface area contributed by atoms with E-state index in [4.69, 9.17) is 0 Å². The highest BCUT2D eigenvalue weighted by molar-refractivity contribution is 8.15. The first kappa shape index (κ1) is 22.1. The van der Waals surface area contributed by atoms with Gasteiger partial charge in [-0.05, 0) is 43.3 Å². The highest BCUT2D eigenvalue weighted by atomic mass is 32.2. The van der Waals surface area contributed by atoms with Gasteiger partial charge in [0, 0.05) is 49.2 Å². The molecule has 0 spiro atoms. The smallest absolute Gasteiger partial charge is 0.257 e. The molecule has 4 rings (SSSR count). The Morgan fingerprint density at radius 3 is 2.65 bits per heavy atom. The van der Waals surface area contributed by atoms with Crippen molar-refractivity contribution in [1.82, 2.24) is 15.1 Å². The molecule has 3 heterocycles. The molecule has 9 nitrogen and oxygen atoms in total. The lowest BCUT2D eigenvalue weighted by molar-refractivity contribution is -0.123. The van der Waals surface area contributed by atoms with Crippen LogP contribution in [0.5, 0.6) is 0 Å². The molecular weight excluding hydrogens is 438 g/mol. The third kappa shape index (κ3) is 4.88. The first-order valence-corrected chi connectivity index (χ1v) is 12.9. The summed E-state index contributed by atoms with van der Waals surface area (Å²) in [7, 11) is -3.40. The number of fused-ring (bicyclic) bond motifs is 3. The van der Waals surface area contributed by atoms with Gasteiger partial charge in [0.15, 0.2) is 5.17 Å². The SMILES string of the molecule is CCC(C)NC(=O)CN1CCN(C(=O)c2ccc3c(c2)SC2=NS(=O)(=O)CCN23)CC1. The fourth-order valence-electron chi connectivity index (χ4n) is 3.78. The van der Waals surface area contributed by atoms with Crippen LogP contribution in [0.15, 0.2) is 27.5 Å². The number of amides is 2. The zero-order valence-electron chi connectivity index (χ0n) is 17.7. The van der Waals surface area contributed by atoms with E-state index in [1.165, 1.54) is 11.8 Å². The summed E-state index contributed by atoms with van der Waals surface area (Å²) in [4.78, 5) is 31.7. The van der Waals surface area contributed by atoms with Crippen molar-refractivity contribution in [3.63, 3.8) is 0 Å². The summed E-state index contributed by atoms with van der Waals surface area (Å²) in [6.45, 7) is 7.19. The van der Waals surface area contributed by atoms with E-state index in [2.05, 4.69) is 14.6 Å². The Morgan fingerprint density at radius 2 is 1.94 bits per heavy atom. The first-order valence-electron chi connectivity index (χ1n) is 10.5. The van der Waals surface area contributed by atoms with Crippen LogP contribution in [0.1, 0.15) is 30.6 Å². The van der Waals surface area contributed by atoms with Crippen LogP contribution in [0, 0.1) is 0 Å². The summed E-state index contributed by atoms with van der Waals surface area (Å²) in [5.74, 6) is -0.0330. The van der Waals surface area contributed by atoms with Gasteiger partial charge >= 0.3 is 0 Å². The van der Waals surface area contributed by atoms with Crippen molar-refractivity contribution in [1.29, 1.82) is 0 Å². The van der Waals surface area contributed by atoms with Crippen LogP contribution in [-0.2, 0) is 14.8 Å². The lowest BCUT2D eigenvalue weighted by Crippen LogP contribution is -2.51. The van der Waals surface area contributed by atoms with Gasteiger partial charge in [0.25, 0.3) is 15.9 Å². The quantitative estimate of drug-likeness (QED) is 0.691. The molecule has 168 valence electrons. The first-order chi connectivity index (χ1) is 14.8. The molecule has 1 fully saturated rings. The maximum atomic E-state index is 13.0. The average Bonchev–Trinajstić information content (AvgIpc) is 3.08. The largest absolute Gasteiger partial charge is 0.353 e. The van der Waals surface area contributed by atoms with E-state index in [-0.39, 0.29) is 23.6 Å². The van der Waals surface area contributed by atoms with Gasteiger partial charge in [-0.3, -0.25) is 14.5 Å². The standard InChI is InChI=1S/C20H27N5O4S2/c1-3-14(2)21-18(26)13-23-6-8-24(9-7-23)19(27)15-4-5-16-17(12-15)30-20-22-31(28,29)11-10-25(16)20/h4-5,12,14H,3,6-11,13H2,1-2H3,(H,21,26). The second-order valence-electron chi connectivity index (χ2n) is 8.04. The Labute approximate surface area is 186 Å². The summed E-state index contributed by atoms with van der Waals surface area (Å²) < 4.78 is 27.4. The van der Waals surface area contributed by atoms with E-state index in [1.807, 2.05) is 30.9 Å². The average molecular weight is 466 g/mol. The summed E-state index contributed by atoms with van der Waals surface area (Å²) >= 11 is 1.29. The molecule has 1 N–H and O–H groups in total. The molecule has 1 saturated heterocycles. The minimum Gasteiger partial charge on any atom is -0.353 e. The number of carbonyl (C=O) groups excluding carboxylic acids is 2. The van der Waals surface area contributed by atoms with Crippen molar-refractivity contribution in [2.45, 2.75) is 31.2 Å². The van der Waals surface area contributed by atoms with Crippen LogP contribution in [-0.4, -0.2) is 86.3 Å². The number of anilines is 1. The molecule has 3 aliphatic rings. The number of rotatable bonds is 5. The fraction of sp³-hybridized carbons (Fsp3) is 0.550. The molecule has 3 aliphatic heterocycles. The van der Waals surface area contributed by atoms with Crippen molar-refractivity contribution < 1.29 is 18.0 Å². The predicted molar refractivity (Wildman–Crippen MR) is 121 cm³/mol. The number of thioether (sulfide) groups is 1. The van der Waals surface area contributed by atoms with Crippen LogP contribution in [0.25, 0.3) is 0 Å². The Hall–Kier alpha value is -2.11. The number of hydrogen-bond acceptors (Lipinski definition) is 7. The maximum absolute atomic E-state index is 13.0. The number of carbonyl (C=O) groups is 2. The number of hydrogen-bond donors (Lipinski definition) is 1. The second-order valence-corrected chi connectivity index (χ2v) is 10.8. The van der Waals surface area contributed by atoms with Crippen LogP contribution in [0.3, 0.4) is 0 Å². The molecule has 31 heavy (non-hydrogen) atoms. The lowest BCUT2D eigenvalue weighted by atomic mass is 10.1. The van der Waals surface area contributed by atoms with E-state index in [9.17, 15) is 18.0 Å². The molecule has 0 saturated carbocycles. The highest BCUT2D eigenvalue weighted by Gasteiger charge is 2.34. The van der Waals surface area contributed by atoms with Gasteiger partial charge in [0.1, 0.15) is 0 Å². The Balaban J connectivity index is 1.36. The number of nitrogens with zero attached hydrogens (tertiary/aromatic N) is 4. The van der Waals surface area contributed by atoms with Crippen LogP contribution in [0.2, 0.25) is 0 Å². The summed E-state index contributed by atoms with van der Waals surface area (Å²) in [5, 5.41) is 3.43. The van der Waals surface area contributed by atoms with E-state index in [0.717, 1.165) is 17.0 Å². The summed E-state index contributed by atoms with van der Waals surface area (Å²) in [6, 6.07) is 5.65. The molecule has 0 bridgehead atoms. The Morgan fingerprint density at radius 1 is 1.19 bits per heavy atom.